The molecule has 2 unspecified atom stereocenters. The number of benzene rings is 2. The molecule has 2 aliphatic rings. The van der Waals surface area contributed by atoms with E-state index in [1.807, 2.05) is 12.1 Å². The molecule has 0 radical (unpaired) electrons. The third-order valence-electron chi connectivity index (χ3n) is 5.00. The van der Waals surface area contributed by atoms with Gasteiger partial charge >= 0.3 is 0 Å². The van der Waals surface area contributed by atoms with Gasteiger partial charge in [-0.25, -0.2) is 4.39 Å². The van der Waals surface area contributed by atoms with E-state index in [2.05, 4.69) is 35.2 Å². The second-order valence-electron chi connectivity index (χ2n) is 6.62. The monoisotopic (exact) mass is 334 g/mol. The molecule has 2 bridgehead atoms. The molecule has 0 spiro atoms. The van der Waals surface area contributed by atoms with Crippen LogP contribution in [-0.4, -0.2) is 30.2 Å². The predicted octanol–water partition coefficient (Wildman–Crippen LogP) is 3.75. The molecule has 2 heterocycles. The maximum Gasteiger partial charge on any atom is 0.132 e. The summed E-state index contributed by atoms with van der Waals surface area (Å²) in [5.41, 5.74) is 3.26. The summed E-state index contributed by atoms with van der Waals surface area (Å²) in [6, 6.07) is 17.5. The normalized spacial score (nSPS) is 23.0. The van der Waals surface area contributed by atoms with Gasteiger partial charge in [-0.05, 0) is 29.7 Å². The van der Waals surface area contributed by atoms with Gasteiger partial charge in [0.1, 0.15) is 5.82 Å². The van der Waals surface area contributed by atoms with Gasteiger partial charge in [-0.15, -0.1) is 0 Å². The number of ether oxygens (including phenoxy) is 1. The average Bonchev–Trinajstić information content (AvgIpc) is 2.62. The number of halogens is 1. The molecule has 2 aromatic rings. The van der Waals surface area contributed by atoms with Crippen LogP contribution < -0.4 is 0 Å². The highest BCUT2D eigenvalue weighted by molar-refractivity contribution is 5.69. The molecule has 2 atom stereocenters. The van der Waals surface area contributed by atoms with Crippen LogP contribution in [0.5, 0.6) is 0 Å². The van der Waals surface area contributed by atoms with Crippen LogP contribution in [0.2, 0.25) is 0 Å². The molecular weight excluding hydrogens is 315 g/mol. The van der Waals surface area contributed by atoms with Crippen molar-refractivity contribution in [3.63, 3.8) is 0 Å². The second-order valence-corrected chi connectivity index (χ2v) is 6.62. The van der Waals surface area contributed by atoms with Crippen LogP contribution in [0.4, 0.5) is 4.39 Å². The molecule has 1 saturated heterocycles. The van der Waals surface area contributed by atoms with Crippen molar-refractivity contribution < 1.29 is 9.13 Å². The molecule has 25 heavy (non-hydrogen) atoms. The maximum atomic E-state index is 14.4. The van der Waals surface area contributed by atoms with Gasteiger partial charge in [0, 0.05) is 18.2 Å². The van der Waals surface area contributed by atoms with E-state index in [1.54, 1.807) is 12.1 Å². The van der Waals surface area contributed by atoms with Crippen molar-refractivity contribution in [3.05, 3.63) is 77.1 Å². The van der Waals surface area contributed by atoms with E-state index in [0.717, 1.165) is 18.5 Å². The SMILES string of the molecule is N#Cc1ccc(C2=CC3COCC(C2)N3Cc2ccccc2)c(F)c1. The molecule has 4 rings (SSSR count). The van der Waals surface area contributed by atoms with E-state index in [4.69, 9.17) is 10.00 Å². The lowest BCUT2D eigenvalue weighted by molar-refractivity contribution is -0.0403. The van der Waals surface area contributed by atoms with Gasteiger partial charge in [0.15, 0.2) is 0 Å². The van der Waals surface area contributed by atoms with Gasteiger partial charge < -0.3 is 4.74 Å². The fourth-order valence-electron chi connectivity index (χ4n) is 3.75. The number of hydrogen-bond donors (Lipinski definition) is 0. The Morgan fingerprint density at radius 1 is 1.16 bits per heavy atom. The second kappa shape index (κ2) is 6.79. The molecule has 126 valence electrons. The van der Waals surface area contributed by atoms with Crippen molar-refractivity contribution in [2.24, 2.45) is 0 Å². The van der Waals surface area contributed by atoms with Crippen molar-refractivity contribution >= 4 is 5.57 Å². The summed E-state index contributed by atoms with van der Waals surface area (Å²) < 4.78 is 20.1. The highest BCUT2D eigenvalue weighted by Gasteiger charge is 2.35. The van der Waals surface area contributed by atoms with Gasteiger partial charge in [0.05, 0.1) is 30.9 Å². The topological polar surface area (TPSA) is 36.3 Å². The molecule has 0 N–H and O–H groups in total. The summed E-state index contributed by atoms with van der Waals surface area (Å²) in [5, 5.41) is 8.91. The number of morpholine rings is 1. The Labute approximate surface area is 147 Å². The third kappa shape index (κ3) is 3.21. The largest absolute Gasteiger partial charge is 0.378 e. The Morgan fingerprint density at radius 2 is 2.00 bits per heavy atom. The van der Waals surface area contributed by atoms with Gasteiger partial charge in [-0.3, -0.25) is 4.90 Å². The number of hydrogen-bond acceptors (Lipinski definition) is 3. The molecule has 0 aliphatic carbocycles. The van der Waals surface area contributed by atoms with Crippen molar-refractivity contribution in [2.75, 3.05) is 13.2 Å². The highest BCUT2D eigenvalue weighted by Crippen LogP contribution is 2.34. The van der Waals surface area contributed by atoms with E-state index in [9.17, 15) is 4.39 Å². The Hall–Kier alpha value is -2.48. The van der Waals surface area contributed by atoms with Gasteiger partial charge in [0.2, 0.25) is 0 Å². The smallest absolute Gasteiger partial charge is 0.132 e. The van der Waals surface area contributed by atoms with Crippen LogP contribution in [-0.2, 0) is 11.3 Å². The first-order chi connectivity index (χ1) is 12.2. The maximum absolute atomic E-state index is 14.4. The van der Waals surface area contributed by atoms with Crippen LogP contribution >= 0.6 is 0 Å². The molecule has 1 fully saturated rings. The summed E-state index contributed by atoms with van der Waals surface area (Å²) in [6.45, 7) is 2.17. The van der Waals surface area contributed by atoms with Crippen LogP contribution in [0, 0.1) is 17.1 Å². The van der Waals surface area contributed by atoms with Crippen LogP contribution in [0.15, 0.2) is 54.6 Å². The molecule has 0 saturated carbocycles. The first-order valence-electron chi connectivity index (χ1n) is 8.53. The van der Waals surface area contributed by atoms with Crippen molar-refractivity contribution in [2.45, 2.75) is 25.0 Å². The highest BCUT2D eigenvalue weighted by atomic mass is 19.1. The molecular formula is C21H19FN2O. The minimum atomic E-state index is -0.319. The molecule has 3 nitrogen and oxygen atoms in total. The van der Waals surface area contributed by atoms with Gasteiger partial charge in [-0.2, -0.15) is 5.26 Å². The number of nitriles is 1. The van der Waals surface area contributed by atoms with E-state index in [1.165, 1.54) is 11.6 Å². The van der Waals surface area contributed by atoms with E-state index < -0.39 is 0 Å². The quantitative estimate of drug-likeness (QED) is 0.858. The number of nitrogens with zero attached hydrogens (tertiary/aromatic N) is 2. The Kier molecular flexibility index (Phi) is 4.35. The predicted molar refractivity (Wildman–Crippen MR) is 94.1 cm³/mol. The van der Waals surface area contributed by atoms with Crippen molar-refractivity contribution in [1.29, 1.82) is 5.26 Å². The van der Waals surface area contributed by atoms with E-state index in [-0.39, 0.29) is 17.9 Å². The Bertz CT molecular complexity index is 841. The Morgan fingerprint density at radius 3 is 2.72 bits per heavy atom. The number of rotatable bonds is 3. The molecule has 2 aromatic carbocycles. The summed E-state index contributed by atoms with van der Waals surface area (Å²) >= 11 is 0. The zero-order valence-electron chi connectivity index (χ0n) is 13.9. The van der Waals surface area contributed by atoms with Gasteiger partial charge in [-0.1, -0.05) is 42.5 Å². The first kappa shape index (κ1) is 16.0. The van der Waals surface area contributed by atoms with Crippen LogP contribution in [0.1, 0.15) is 23.1 Å². The minimum Gasteiger partial charge on any atom is -0.378 e. The first-order valence-corrected chi connectivity index (χ1v) is 8.53. The number of fused-ring (bicyclic) bond motifs is 2. The fourth-order valence-corrected chi connectivity index (χ4v) is 3.75. The zero-order valence-corrected chi connectivity index (χ0v) is 13.9. The average molecular weight is 334 g/mol. The lowest BCUT2D eigenvalue weighted by Gasteiger charge is -2.44. The van der Waals surface area contributed by atoms with Crippen molar-refractivity contribution in [3.8, 4) is 6.07 Å². The summed E-state index contributed by atoms with van der Waals surface area (Å²) in [6.07, 6.45) is 2.88. The standard InChI is InChI=1S/C21H19FN2O/c22-21-8-16(11-23)6-7-20(21)17-9-18-13-25-14-19(10-17)24(18)12-15-4-2-1-3-5-15/h1-9,18-19H,10,12-14H2. The summed E-state index contributed by atoms with van der Waals surface area (Å²) in [5.74, 6) is -0.319. The lowest BCUT2D eigenvalue weighted by atomic mass is 9.89. The molecule has 0 aromatic heterocycles. The van der Waals surface area contributed by atoms with E-state index in [0.29, 0.717) is 24.3 Å². The lowest BCUT2D eigenvalue weighted by Crippen LogP contribution is -2.53. The molecule has 2 aliphatic heterocycles. The Balaban J connectivity index is 1.62. The van der Waals surface area contributed by atoms with Crippen molar-refractivity contribution in [1.82, 2.24) is 4.90 Å². The fraction of sp³-hybridized carbons (Fsp3) is 0.286. The van der Waals surface area contributed by atoms with E-state index >= 15 is 0 Å². The molecule has 4 heteroatoms. The summed E-state index contributed by atoms with van der Waals surface area (Å²) in [4.78, 5) is 2.45. The molecule has 0 amide bonds. The minimum absolute atomic E-state index is 0.151. The summed E-state index contributed by atoms with van der Waals surface area (Å²) in [7, 11) is 0. The van der Waals surface area contributed by atoms with Crippen LogP contribution in [0.25, 0.3) is 5.57 Å². The zero-order chi connectivity index (χ0) is 17.2. The van der Waals surface area contributed by atoms with Crippen LogP contribution in [0.3, 0.4) is 0 Å². The van der Waals surface area contributed by atoms with Gasteiger partial charge in [0.25, 0.3) is 0 Å². The third-order valence-corrected chi connectivity index (χ3v) is 5.00.